The van der Waals surface area contributed by atoms with E-state index in [9.17, 15) is 26.3 Å². The molecule has 0 amide bonds. The highest BCUT2D eigenvalue weighted by atomic mass is 19.4. The van der Waals surface area contributed by atoms with Gasteiger partial charge in [-0.25, -0.2) is 6.57 Å². The van der Waals surface area contributed by atoms with E-state index in [-0.39, 0.29) is 0 Å². The Morgan fingerprint density at radius 2 is 1.50 bits per heavy atom. The first kappa shape index (κ1) is 11.1. The fourth-order valence-electron chi connectivity index (χ4n) is 0.454. The summed E-state index contributed by atoms with van der Waals surface area (Å²) in [7, 11) is 0. The second-order valence-electron chi connectivity index (χ2n) is 2.01. The van der Waals surface area contributed by atoms with Crippen LogP contribution in [0.2, 0.25) is 0 Å². The summed E-state index contributed by atoms with van der Waals surface area (Å²) in [6, 6.07) is -2.97. The van der Waals surface area contributed by atoms with E-state index in [0.29, 0.717) is 0 Å². The molecule has 0 aromatic heterocycles. The molecule has 7 heteroatoms. The van der Waals surface area contributed by atoms with Crippen molar-refractivity contribution in [3.05, 3.63) is 11.4 Å². The number of halogens is 6. The van der Waals surface area contributed by atoms with Crippen molar-refractivity contribution in [3.8, 4) is 0 Å². The average molecular weight is 191 g/mol. The maximum absolute atomic E-state index is 11.5. The molecule has 0 rings (SSSR count). The summed E-state index contributed by atoms with van der Waals surface area (Å²) in [5, 5.41) is 0. The topological polar surface area (TPSA) is 4.36 Å². The van der Waals surface area contributed by atoms with Crippen molar-refractivity contribution in [1.82, 2.24) is 0 Å². The molecule has 0 spiro atoms. The van der Waals surface area contributed by atoms with Crippen molar-refractivity contribution in [2.24, 2.45) is 0 Å². The second-order valence-corrected chi connectivity index (χ2v) is 2.01. The molecule has 0 aliphatic rings. The second kappa shape index (κ2) is 3.21. The van der Waals surface area contributed by atoms with Crippen molar-refractivity contribution >= 4 is 0 Å². The van der Waals surface area contributed by atoms with Crippen LogP contribution in [0.5, 0.6) is 0 Å². The van der Waals surface area contributed by atoms with Crippen LogP contribution in [0, 0.1) is 6.57 Å². The van der Waals surface area contributed by atoms with Gasteiger partial charge in [0.1, 0.15) is 6.42 Å². The molecule has 1 unspecified atom stereocenters. The van der Waals surface area contributed by atoms with Gasteiger partial charge in [0.05, 0.1) is 0 Å². The standard InChI is InChI=1S/C5H3F6N/c1-12-3(5(9,10)11)2-4(6,7)8/h3H,2H2. The van der Waals surface area contributed by atoms with Gasteiger partial charge >= 0.3 is 18.4 Å². The molecule has 0 aromatic carbocycles. The SMILES string of the molecule is [C-]#[N+]C(CC(F)(F)F)C(F)(F)F. The maximum Gasteiger partial charge on any atom is 0.466 e. The van der Waals surface area contributed by atoms with Crippen LogP contribution in [0.4, 0.5) is 26.3 Å². The van der Waals surface area contributed by atoms with E-state index >= 15 is 0 Å². The molecule has 0 radical (unpaired) electrons. The molecule has 1 atom stereocenters. The van der Waals surface area contributed by atoms with E-state index in [2.05, 4.69) is 0 Å². The van der Waals surface area contributed by atoms with Gasteiger partial charge in [-0.15, -0.1) is 0 Å². The highest BCUT2D eigenvalue weighted by molar-refractivity contribution is 4.87. The molecular formula is C5H3F6N. The Morgan fingerprint density at radius 1 is 1.08 bits per heavy atom. The minimum Gasteiger partial charge on any atom is -0.303 e. The molecule has 0 heterocycles. The number of hydrogen-bond acceptors (Lipinski definition) is 0. The lowest BCUT2D eigenvalue weighted by molar-refractivity contribution is -0.186. The van der Waals surface area contributed by atoms with Crippen LogP contribution in [0.15, 0.2) is 0 Å². The Balaban J connectivity index is 4.33. The van der Waals surface area contributed by atoms with Crippen LogP contribution < -0.4 is 0 Å². The van der Waals surface area contributed by atoms with E-state index in [0.717, 1.165) is 0 Å². The Hall–Kier alpha value is -0.930. The first-order valence-corrected chi connectivity index (χ1v) is 2.67. The van der Waals surface area contributed by atoms with Gasteiger partial charge in [-0.2, -0.15) is 26.3 Å². The summed E-state index contributed by atoms with van der Waals surface area (Å²) < 4.78 is 68.8. The Kier molecular flexibility index (Phi) is 2.96. The monoisotopic (exact) mass is 191 g/mol. The third-order valence-corrected chi connectivity index (χ3v) is 0.958. The summed E-state index contributed by atoms with van der Waals surface area (Å²) in [5.74, 6) is 0. The summed E-state index contributed by atoms with van der Waals surface area (Å²) in [6.45, 7) is 5.90. The van der Waals surface area contributed by atoms with E-state index < -0.39 is 24.8 Å². The number of rotatable bonds is 1. The first-order chi connectivity index (χ1) is 5.17. The van der Waals surface area contributed by atoms with Gasteiger partial charge in [-0.3, -0.25) is 0 Å². The molecular weight excluding hydrogens is 188 g/mol. The van der Waals surface area contributed by atoms with Crippen molar-refractivity contribution in [2.75, 3.05) is 0 Å². The van der Waals surface area contributed by atoms with Gasteiger partial charge in [-0.1, -0.05) is 0 Å². The van der Waals surface area contributed by atoms with Crippen molar-refractivity contribution < 1.29 is 26.3 Å². The Bertz CT molecular complexity index is 184. The fraction of sp³-hybridized carbons (Fsp3) is 0.800. The fourth-order valence-corrected chi connectivity index (χ4v) is 0.454. The van der Waals surface area contributed by atoms with E-state index in [1.807, 2.05) is 4.85 Å². The summed E-state index contributed by atoms with van der Waals surface area (Å²) in [5.41, 5.74) is 0. The third kappa shape index (κ3) is 4.05. The number of alkyl halides is 6. The van der Waals surface area contributed by atoms with Crippen LogP contribution in [-0.2, 0) is 0 Å². The van der Waals surface area contributed by atoms with Crippen LogP contribution in [0.25, 0.3) is 4.85 Å². The Labute approximate surface area is 63.8 Å². The molecule has 0 saturated heterocycles. The van der Waals surface area contributed by atoms with Gasteiger partial charge in [0.2, 0.25) is 0 Å². The van der Waals surface area contributed by atoms with Crippen LogP contribution in [0.1, 0.15) is 6.42 Å². The molecule has 0 bridgehead atoms. The van der Waals surface area contributed by atoms with E-state index in [1.54, 1.807) is 0 Å². The number of nitrogens with zero attached hydrogens (tertiary/aromatic N) is 1. The molecule has 0 saturated carbocycles. The number of hydrogen-bond donors (Lipinski definition) is 0. The zero-order chi connectivity index (χ0) is 9.99. The van der Waals surface area contributed by atoms with Crippen LogP contribution in [-0.4, -0.2) is 18.4 Å². The normalized spacial score (nSPS) is 15.4. The van der Waals surface area contributed by atoms with Gasteiger partial charge in [0, 0.05) is 0 Å². The van der Waals surface area contributed by atoms with Crippen LogP contribution >= 0.6 is 0 Å². The zero-order valence-electron chi connectivity index (χ0n) is 5.50. The van der Waals surface area contributed by atoms with Gasteiger partial charge in [-0.05, 0) is 0 Å². The third-order valence-electron chi connectivity index (χ3n) is 0.958. The predicted molar refractivity (Wildman–Crippen MR) is 27.1 cm³/mol. The molecule has 0 N–H and O–H groups in total. The van der Waals surface area contributed by atoms with Crippen molar-refractivity contribution in [1.29, 1.82) is 0 Å². The molecule has 70 valence electrons. The zero-order valence-corrected chi connectivity index (χ0v) is 5.50. The Morgan fingerprint density at radius 3 is 1.58 bits per heavy atom. The maximum atomic E-state index is 11.5. The largest absolute Gasteiger partial charge is 0.466 e. The molecule has 1 nitrogen and oxygen atoms in total. The van der Waals surface area contributed by atoms with Crippen molar-refractivity contribution in [3.63, 3.8) is 0 Å². The molecule has 0 aliphatic heterocycles. The smallest absolute Gasteiger partial charge is 0.303 e. The molecule has 0 aromatic rings. The van der Waals surface area contributed by atoms with Gasteiger partial charge < -0.3 is 4.85 Å². The van der Waals surface area contributed by atoms with Gasteiger partial charge in [0.25, 0.3) is 0 Å². The molecule has 0 aliphatic carbocycles. The average Bonchev–Trinajstić information content (AvgIpc) is 1.78. The lowest BCUT2D eigenvalue weighted by atomic mass is 10.2. The predicted octanol–water partition coefficient (Wildman–Crippen LogP) is 2.79. The highest BCUT2D eigenvalue weighted by Crippen LogP contribution is 2.32. The van der Waals surface area contributed by atoms with E-state index in [1.165, 1.54) is 0 Å². The lowest BCUT2D eigenvalue weighted by Crippen LogP contribution is -2.30. The van der Waals surface area contributed by atoms with Gasteiger partial charge in [0.15, 0.2) is 0 Å². The van der Waals surface area contributed by atoms with E-state index in [4.69, 9.17) is 6.57 Å². The summed E-state index contributed by atoms with van der Waals surface area (Å²) >= 11 is 0. The molecule has 0 fully saturated rings. The quantitative estimate of drug-likeness (QED) is 0.443. The minimum absolute atomic E-state index is 1.85. The van der Waals surface area contributed by atoms with Crippen LogP contribution in [0.3, 0.4) is 0 Å². The lowest BCUT2D eigenvalue weighted by Gasteiger charge is -2.11. The highest BCUT2D eigenvalue weighted by Gasteiger charge is 2.52. The first-order valence-electron chi connectivity index (χ1n) is 2.67. The summed E-state index contributed by atoms with van der Waals surface area (Å²) in [4.78, 5) is 1.85. The minimum atomic E-state index is -5.10. The van der Waals surface area contributed by atoms with Crippen molar-refractivity contribution in [2.45, 2.75) is 24.8 Å². The molecule has 12 heavy (non-hydrogen) atoms. The summed E-state index contributed by atoms with van der Waals surface area (Å²) in [6.07, 6.45) is -12.2.